The van der Waals surface area contributed by atoms with Crippen LogP contribution in [0.2, 0.25) is 0 Å². The number of hydrogen-bond acceptors (Lipinski definition) is 5. The van der Waals surface area contributed by atoms with Gasteiger partial charge in [0.2, 0.25) is 10.0 Å². The van der Waals surface area contributed by atoms with Gasteiger partial charge in [0, 0.05) is 31.4 Å². The molecule has 1 aliphatic heterocycles. The van der Waals surface area contributed by atoms with Crippen molar-refractivity contribution in [1.29, 1.82) is 0 Å². The van der Waals surface area contributed by atoms with Crippen LogP contribution in [0.3, 0.4) is 0 Å². The number of aryl methyl sites for hydroxylation is 1. The van der Waals surface area contributed by atoms with E-state index in [1.54, 1.807) is 31.3 Å². The van der Waals surface area contributed by atoms with E-state index >= 15 is 0 Å². The molecule has 0 atom stereocenters. The van der Waals surface area contributed by atoms with Crippen LogP contribution in [0, 0.1) is 12.8 Å². The summed E-state index contributed by atoms with van der Waals surface area (Å²) in [6.07, 6.45) is 5.25. The second-order valence-electron chi connectivity index (χ2n) is 7.78. The Labute approximate surface area is 172 Å². The Morgan fingerprint density at radius 1 is 1.21 bits per heavy atom. The Kier molecular flexibility index (Phi) is 6.42. The van der Waals surface area contributed by atoms with Gasteiger partial charge in [-0.05, 0) is 55.0 Å². The highest BCUT2D eigenvalue weighted by molar-refractivity contribution is 7.92. The second-order valence-corrected chi connectivity index (χ2v) is 9.53. The Morgan fingerprint density at radius 2 is 1.93 bits per heavy atom. The first-order valence-corrected chi connectivity index (χ1v) is 11.7. The van der Waals surface area contributed by atoms with Crippen LogP contribution in [0.25, 0.3) is 0 Å². The largest absolute Gasteiger partial charge is 0.357 e. The number of benzene rings is 1. The SMILES string of the molecule is Cc1ccc(C(=O)NCc2ccc(N3CCC(C)CC3)nc2)cc1NS(C)(=O)=O. The molecule has 7 nitrogen and oxygen atoms in total. The van der Waals surface area contributed by atoms with Crippen molar-refractivity contribution in [3.63, 3.8) is 0 Å². The molecule has 1 fully saturated rings. The van der Waals surface area contributed by atoms with Crippen LogP contribution in [0.15, 0.2) is 36.5 Å². The molecule has 156 valence electrons. The Bertz CT molecular complexity index is 966. The normalized spacial score (nSPS) is 15.2. The number of hydrogen-bond donors (Lipinski definition) is 2. The van der Waals surface area contributed by atoms with Crippen LogP contribution in [0.1, 0.15) is 41.3 Å². The van der Waals surface area contributed by atoms with Gasteiger partial charge in [0.1, 0.15) is 5.82 Å². The van der Waals surface area contributed by atoms with Crippen molar-refractivity contribution in [3.05, 3.63) is 53.2 Å². The molecular formula is C21H28N4O3S. The summed E-state index contributed by atoms with van der Waals surface area (Å²) < 4.78 is 25.4. The highest BCUT2D eigenvalue weighted by atomic mass is 32.2. The monoisotopic (exact) mass is 416 g/mol. The molecule has 0 radical (unpaired) electrons. The highest BCUT2D eigenvalue weighted by Crippen LogP contribution is 2.21. The maximum atomic E-state index is 12.5. The van der Waals surface area contributed by atoms with Crippen molar-refractivity contribution >= 4 is 27.4 Å². The third-order valence-electron chi connectivity index (χ3n) is 5.16. The van der Waals surface area contributed by atoms with Gasteiger partial charge < -0.3 is 10.2 Å². The van der Waals surface area contributed by atoms with Crippen LogP contribution in [0.5, 0.6) is 0 Å². The minimum atomic E-state index is -3.41. The van der Waals surface area contributed by atoms with Gasteiger partial charge in [0.25, 0.3) is 5.91 Å². The molecule has 29 heavy (non-hydrogen) atoms. The first kappa shape index (κ1) is 21.1. The predicted molar refractivity (Wildman–Crippen MR) is 116 cm³/mol. The first-order chi connectivity index (χ1) is 13.7. The zero-order chi connectivity index (χ0) is 21.0. The zero-order valence-corrected chi connectivity index (χ0v) is 17.9. The third-order valence-corrected chi connectivity index (χ3v) is 5.76. The zero-order valence-electron chi connectivity index (χ0n) is 17.1. The number of anilines is 2. The fourth-order valence-corrected chi connectivity index (χ4v) is 3.92. The Balaban J connectivity index is 1.60. The lowest BCUT2D eigenvalue weighted by atomic mass is 9.99. The van der Waals surface area contributed by atoms with E-state index in [1.165, 1.54) is 12.8 Å². The van der Waals surface area contributed by atoms with Crippen LogP contribution in [-0.4, -0.2) is 38.7 Å². The van der Waals surface area contributed by atoms with Gasteiger partial charge in [-0.1, -0.05) is 19.1 Å². The molecule has 0 spiro atoms. The van der Waals surface area contributed by atoms with E-state index in [4.69, 9.17) is 0 Å². The molecule has 8 heteroatoms. The van der Waals surface area contributed by atoms with Gasteiger partial charge >= 0.3 is 0 Å². The van der Waals surface area contributed by atoms with E-state index in [1.807, 2.05) is 12.1 Å². The summed E-state index contributed by atoms with van der Waals surface area (Å²) in [7, 11) is -3.41. The summed E-state index contributed by atoms with van der Waals surface area (Å²) in [5, 5.41) is 2.86. The van der Waals surface area contributed by atoms with Gasteiger partial charge in [-0.25, -0.2) is 13.4 Å². The van der Waals surface area contributed by atoms with Crippen molar-refractivity contribution in [3.8, 4) is 0 Å². The average Bonchev–Trinajstić information content (AvgIpc) is 2.68. The van der Waals surface area contributed by atoms with E-state index in [0.29, 0.717) is 17.8 Å². The van der Waals surface area contributed by atoms with E-state index in [9.17, 15) is 13.2 Å². The maximum absolute atomic E-state index is 12.5. The topological polar surface area (TPSA) is 91.4 Å². The summed E-state index contributed by atoms with van der Waals surface area (Å²) in [5.41, 5.74) is 2.46. The van der Waals surface area contributed by atoms with Crippen LogP contribution >= 0.6 is 0 Å². The number of carbonyl (C=O) groups is 1. The molecule has 0 aliphatic carbocycles. The first-order valence-electron chi connectivity index (χ1n) is 9.78. The van der Waals surface area contributed by atoms with Crippen molar-refractivity contribution in [2.75, 3.05) is 29.0 Å². The molecule has 1 aliphatic rings. The summed E-state index contributed by atoms with van der Waals surface area (Å²) >= 11 is 0. The van der Waals surface area contributed by atoms with Crippen LogP contribution in [-0.2, 0) is 16.6 Å². The summed E-state index contributed by atoms with van der Waals surface area (Å²) in [4.78, 5) is 19.3. The maximum Gasteiger partial charge on any atom is 0.251 e. The molecule has 3 rings (SSSR count). The predicted octanol–water partition coefficient (Wildman–Crippen LogP) is 2.93. The summed E-state index contributed by atoms with van der Waals surface area (Å²) in [5.74, 6) is 1.48. The molecule has 0 saturated carbocycles. The quantitative estimate of drug-likeness (QED) is 0.755. The number of aromatic nitrogens is 1. The third kappa shape index (κ3) is 5.93. The Hall–Kier alpha value is -2.61. The molecule has 1 saturated heterocycles. The number of amides is 1. The van der Waals surface area contributed by atoms with Crippen molar-refractivity contribution < 1.29 is 13.2 Å². The number of pyridine rings is 1. The van der Waals surface area contributed by atoms with Crippen LogP contribution in [0.4, 0.5) is 11.5 Å². The van der Waals surface area contributed by atoms with Crippen molar-refractivity contribution in [2.45, 2.75) is 33.2 Å². The number of nitrogens with zero attached hydrogens (tertiary/aromatic N) is 2. The fraction of sp³-hybridized carbons (Fsp3) is 0.429. The average molecular weight is 417 g/mol. The minimum Gasteiger partial charge on any atom is -0.357 e. The van der Waals surface area contributed by atoms with E-state index in [0.717, 1.165) is 42.2 Å². The lowest BCUT2D eigenvalue weighted by molar-refractivity contribution is 0.0951. The van der Waals surface area contributed by atoms with Gasteiger partial charge in [-0.3, -0.25) is 9.52 Å². The van der Waals surface area contributed by atoms with Gasteiger partial charge in [0.15, 0.2) is 0 Å². The summed E-state index contributed by atoms with van der Waals surface area (Å²) in [6, 6.07) is 8.92. The van der Waals surface area contributed by atoms with Gasteiger partial charge in [0.05, 0.1) is 11.9 Å². The second kappa shape index (κ2) is 8.82. The highest BCUT2D eigenvalue weighted by Gasteiger charge is 2.17. The number of sulfonamides is 1. The van der Waals surface area contributed by atoms with Crippen molar-refractivity contribution in [1.82, 2.24) is 10.3 Å². The van der Waals surface area contributed by atoms with E-state index in [2.05, 4.69) is 26.8 Å². The molecule has 2 N–H and O–H groups in total. The fourth-order valence-electron chi connectivity index (χ4n) is 3.30. The molecule has 2 heterocycles. The minimum absolute atomic E-state index is 0.268. The van der Waals surface area contributed by atoms with Crippen LogP contribution < -0.4 is 14.9 Å². The lowest BCUT2D eigenvalue weighted by Gasteiger charge is -2.31. The molecule has 1 aromatic carbocycles. The number of piperidine rings is 1. The molecule has 0 bridgehead atoms. The number of nitrogens with one attached hydrogen (secondary N) is 2. The summed E-state index contributed by atoms with van der Waals surface area (Å²) in [6.45, 7) is 6.48. The molecular weight excluding hydrogens is 388 g/mol. The Morgan fingerprint density at radius 3 is 2.55 bits per heavy atom. The standard InChI is InChI=1S/C21H28N4O3S/c1-15-8-10-25(11-9-15)20-7-5-17(13-22-20)14-23-21(26)18-6-4-16(2)19(12-18)24-29(3,27)28/h4-7,12-13,15,24H,8-11,14H2,1-3H3,(H,23,26). The van der Waals surface area contributed by atoms with Gasteiger partial charge in [-0.2, -0.15) is 0 Å². The smallest absolute Gasteiger partial charge is 0.251 e. The van der Waals surface area contributed by atoms with Gasteiger partial charge in [-0.15, -0.1) is 0 Å². The van der Waals surface area contributed by atoms with E-state index < -0.39 is 10.0 Å². The van der Waals surface area contributed by atoms with Crippen molar-refractivity contribution in [2.24, 2.45) is 5.92 Å². The number of rotatable bonds is 6. The molecule has 2 aromatic rings. The lowest BCUT2D eigenvalue weighted by Crippen LogP contribution is -2.33. The molecule has 0 unspecified atom stereocenters. The van der Waals surface area contributed by atoms with E-state index in [-0.39, 0.29) is 5.91 Å². The molecule has 1 amide bonds. The molecule has 1 aromatic heterocycles. The number of carbonyl (C=O) groups excluding carboxylic acids is 1.